The molecule has 1 atom stereocenters. The number of benzene rings is 3. The van der Waals surface area contributed by atoms with Crippen LogP contribution in [0.2, 0.25) is 0 Å². The van der Waals surface area contributed by atoms with Gasteiger partial charge in [-0.3, -0.25) is 14.5 Å². The summed E-state index contributed by atoms with van der Waals surface area (Å²) in [7, 11) is 3.22. The normalized spacial score (nSPS) is 17.2. The number of ether oxygens (including phenoxy) is 3. The number of morpholine rings is 1. The highest BCUT2D eigenvalue weighted by atomic mass is 16.5. The van der Waals surface area contributed by atoms with Crippen LogP contribution in [-0.2, 0) is 9.53 Å². The minimum atomic E-state index is -0.266. The highest BCUT2D eigenvalue weighted by Gasteiger charge is 2.34. The van der Waals surface area contributed by atoms with Gasteiger partial charge in [-0.1, -0.05) is 30.3 Å². The zero-order chi connectivity index (χ0) is 28.6. The molecule has 9 nitrogen and oxygen atoms in total. The maximum Gasteiger partial charge on any atom is 0.262 e. The Bertz CT molecular complexity index is 1340. The van der Waals surface area contributed by atoms with Crippen LogP contribution in [0.25, 0.3) is 0 Å². The van der Waals surface area contributed by atoms with Crippen molar-refractivity contribution < 1.29 is 23.8 Å². The Morgan fingerprint density at radius 3 is 2.17 bits per heavy atom. The van der Waals surface area contributed by atoms with Gasteiger partial charge in [0.15, 0.2) is 0 Å². The summed E-state index contributed by atoms with van der Waals surface area (Å²) in [5.74, 6) is 0.990. The number of hydrogen-bond donors (Lipinski definition) is 0. The van der Waals surface area contributed by atoms with Gasteiger partial charge in [-0.15, -0.1) is 0 Å². The van der Waals surface area contributed by atoms with Gasteiger partial charge in [-0.2, -0.15) is 5.10 Å². The lowest BCUT2D eigenvalue weighted by atomic mass is 9.98. The van der Waals surface area contributed by atoms with E-state index >= 15 is 0 Å². The van der Waals surface area contributed by atoms with Crippen molar-refractivity contribution in [3.63, 3.8) is 0 Å². The molecule has 0 unspecified atom stereocenters. The third-order valence-electron chi connectivity index (χ3n) is 7.51. The summed E-state index contributed by atoms with van der Waals surface area (Å²) in [6, 6.07) is 24.3. The second kappa shape index (κ2) is 13.4. The molecular weight excluding hydrogens is 520 g/mol. The van der Waals surface area contributed by atoms with Crippen LogP contribution in [0, 0.1) is 0 Å². The van der Waals surface area contributed by atoms with Crippen LogP contribution in [0.5, 0.6) is 11.5 Å². The number of methoxy groups -OCH3 is 2. The van der Waals surface area contributed by atoms with E-state index in [1.54, 1.807) is 48.4 Å². The second-order valence-corrected chi connectivity index (χ2v) is 10.1. The summed E-state index contributed by atoms with van der Waals surface area (Å²) in [4.78, 5) is 31.5. The molecule has 0 aromatic heterocycles. The van der Waals surface area contributed by atoms with E-state index in [0.717, 1.165) is 35.7 Å². The van der Waals surface area contributed by atoms with E-state index in [2.05, 4.69) is 4.90 Å². The quantitative estimate of drug-likeness (QED) is 0.377. The van der Waals surface area contributed by atoms with Gasteiger partial charge in [0.1, 0.15) is 18.0 Å². The minimum absolute atomic E-state index is 0.0854. The van der Waals surface area contributed by atoms with E-state index in [1.165, 1.54) is 0 Å². The van der Waals surface area contributed by atoms with Crippen molar-refractivity contribution in [3.8, 4) is 11.5 Å². The number of hydrazone groups is 1. The van der Waals surface area contributed by atoms with Gasteiger partial charge < -0.3 is 19.1 Å². The van der Waals surface area contributed by atoms with Crippen molar-refractivity contribution in [3.05, 3.63) is 95.6 Å². The van der Waals surface area contributed by atoms with Crippen LogP contribution >= 0.6 is 0 Å². The zero-order valence-electron chi connectivity index (χ0n) is 23.6. The molecule has 2 aliphatic heterocycles. The molecule has 1 fully saturated rings. The van der Waals surface area contributed by atoms with Gasteiger partial charge in [-0.25, -0.2) is 5.01 Å². The van der Waals surface area contributed by atoms with Crippen molar-refractivity contribution in [2.45, 2.75) is 12.5 Å². The van der Waals surface area contributed by atoms with Crippen LogP contribution < -0.4 is 9.47 Å². The lowest BCUT2D eigenvalue weighted by molar-refractivity contribution is -0.133. The Morgan fingerprint density at radius 1 is 0.902 bits per heavy atom. The summed E-state index contributed by atoms with van der Waals surface area (Å²) in [6.07, 6.45) is 0.572. The third-order valence-corrected chi connectivity index (χ3v) is 7.51. The van der Waals surface area contributed by atoms with Crippen LogP contribution in [-0.4, -0.2) is 92.5 Å². The summed E-state index contributed by atoms with van der Waals surface area (Å²) in [6.45, 7) is 3.92. The number of nitrogens with zero attached hydrogens (tertiary/aromatic N) is 4. The topological polar surface area (TPSA) is 83.9 Å². The van der Waals surface area contributed by atoms with Gasteiger partial charge in [0, 0.05) is 38.2 Å². The van der Waals surface area contributed by atoms with E-state index in [4.69, 9.17) is 19.3 Å². The molecule has 2 amide bonds. The summed E-state index contributed by atoms with van der Waals surface area (Å²) in [5, 5.41) is 6.36. The molecule has 3 aromatic carbocycles. The van der Waals surface area contributed by atoms with E-state index in [-0.39, 0.29) is 24.4 Å². The molecule has 0 saturated carbocycles. The monoisotopic (exact) mass is 556 g/mol. The standard InChI is InChI=1S/C32H36N4O5/c1-39-27-12-8-24(9-13-27)29-22-30(25-6-4-3-5-7-25)36(33-29)31(37)23-35(17-16-34-18-20-41-21-19-34)32(38)26-10-14-28(40-2)15-11-26/h3-15,30H,16-23H2,1-2H3/t30-/m1/s1. The SMILES string of the molecule is COc1ccc(C(=O)N(CCN2CCOCC2)CC(=O)N2N=C(c3ccc(OC)cc3)C[C@@H]2c2ccccc2)cc1. The Balaban J connectivity index is 1.39. The maximum absolute atomic E-state index is 14.0. The number of rotatable bonds is 10. The largest absolute Gasteiger partial charge is 0.497 e. The Hall–Kier alpha value is -4.21. The number of amides is 2. The molecule has 3 aromatic rings. The molecule has 2 aliphatic rings. The summed E-state index contributed by atoms with van der Waals surface area (Å²) >= 11 is 0. The molecule has 0 bridgehead atoms. The molecule has 0 radical (unpaired) electrons. The Kier molecular flexibility index (Phi) is 9.28. The van der Waals surface area contributed by atoms with Gasteiger partial charge in [0.2, 0.25) is 0 Å². The highest BCUT2D eigenvalue weighted by molar-refractivity contribution is 6.03. The highest BCUT2D eigenvalue weighted by Crippen LogP contribution is 2.33. The van der Waals surface area contributed by atoms with Crippen molar-refractivity contribution >= 4 is 17.5 Å². The predicted octanol–water partition coefficient (Wildman–Crippen LogP) is 3.86. The first-order valence-corrected chi connectivity index (χ1v) is 13.9. The molecular formula is C32H36N4O5. The Morgan fingerprint density at radius 2 is 1.54 bits per heavy atom. The maximum atomic E-state index is 14.0. The van der Waals surface area contributed by atoms with Crippen molar-refractivity contribution in [2.24, 2.45) is 5.10 Å². The van der Waals surface area contributed by atoms with Crippen LogP contribution in [0.3, 0.4) is 0 Å². The van der Waals surface area contributed by atoms with Gasteiger partial charge >= 0.3 is 0 Å². The third kappa shape index (κ3) is 6.93. The molecule has 0 aliphatic carbocycles. The van der Waals surface area contributed by atoms with Crippen molar-refractivity contribution in [1.29, 1.82) is 0 Å². The molecule has 214 valence electrons. The van der Waals surface area contributed by atoms with Crippen LogP contribution in [0.4, 0.5) is 0 Å². The van der Waals surface area contributed by atoms with Gasteiger partial charge in [-0.05, 0) is 59.7 Å². The van der Waals surface area contributed by atoms with E-state index in [0.29, 0.717) is 44.0 Å². The molecule has 5 rings (SSSR count). The lowest BCUT2D eigenvalue weighted by Gasteiger charge is -2.31. The Labute approximate surface area is 240 Å². The average molecular weight is 557 g/mol. The smallest absolute Gasteiger partial charge is 0.262 e. The van der Waals surface area contributed by atoms with Gasteiger partial charge in [0.05, 0.1) is 39.2 Å². The fourth-order valence-corrected chi connectivity index (χ4v) is 5.12. The molecule has 2 heterocycles. The van der Waals surface area contributed by atoms with E-state index in [9.17, 15) is 9.59 Å². The van der Waals surface area contributed by atoms with E-state index in [1.807, 2.05) is 54.6 Å². The lowest BCUT2D eigenvalue weighted by Crippen LogP contribution is -2.46. The minimum Gasteiger partial charge on any atom is -0.497 e. The molecule has 41 heavy (non-hydrogen) atoms. The zero-order valence-corrected chi connectivity index (χ0v) is 23.6. The molecule has 1 saturated heterocycles. The molecule has 0 spiro atoms. The van der Waals surface area contributed by atoms with E-state index < -0.39 is 0 Å². The first-order valence-electron chi connectivity index (χ1n) is 13.9. The predicted molar refractivity (Wildman–Crippen MR) is 156 cm³/mol. The van der Waals surface area contributed by atoms with Crippen LogP contribution in [0.1, 0.15) is 33.9 Å². The number of carbonyl (C=O) groups excluding carboxylic acids is 2. The van der Waals surface area contributed by atoms with Crippen molar-refractivity contribution in [2.75, 3.05) is 60.2 Å². The number of hydrogen-bond acceptors (Lipinski definition) is 7. The molecule has 0 N–H and O–H groups in total. The fraction of sp³-hybridized carbons (Fsp3) is 0.344. The van der Waals surface area contributed by atoms with Gasteiger partial charge in [0.25, 0.3) is 11.8 Å². The number of carbonyl (C=O) groups is 2. The van der Waals surface area contributed by atoms with Crippen molar-refractivity contribution in [1.82, 2.24) is 14.8 Å². The average Bonchev–Trinajstić information content (AvgIpc) is 3.49. The first-order chi connectivity index (χ1) is 20.1. The first kappa shape index (κ1) is 28.3. The summed E-state index contributed by atoms with van der Waals surface area (Å²) in [5.41, 5.74) is 3.25. The summed E-state index contributed by atoms with van der Waals surface area (Å²) < 4.78 is 16.0. The van der Waals surface area contributed by atoms with Crippen LogP contribution in [0.15, 0.2) is 84.0 Å². The molecule has 9 heteroatoms. The second-order valence-electron chi connectivity index (χ2n) is 10.1. The fourth-order valence-electron chi connectivity index (χ4n) is 5.12.